The minimum Gasteiger partial charge on any atom is -0.352 e. The average Bonchev–Trinajstić information content (AvgIpc) is 2.46. The van der Waals surface area contributed by atoms with Gasteiger partial charge in [-0.2, -0.15) is 0 Å². The molecule has 6 heteroatoms. The van der Waals surface area contributed by atoms with E-state index in [4.69, 9.17) is 0 Å². The predicted molar refractivity (Wildman–Crippen MR) is 80.1 cm³/mol. The third kappa shape index (κ3) is 4.03. The molecule has 1 aliphatic rings. The predicted octanol–water partition coefficient (Wildman–Crippen LogP) is 3.28. The van der Waals surface area contributed by atoms with Crippen LogP contribution in [-0.2, 0) is 0 Å². The van der Waals surface area contributed by atoms with Crippen LogP contribution in [0.4, 0.5) is 5.69 Å². The molecule has 1 saturated carbocycles. The molecule has 108 valence electrons. The number of hydrogen-bond acceptors (Lipinski definition) is 3. The van der Waals surface area contributed by atoms with Gasteiger partial charge in [0.05, 0.1) is 4.92 Å². The van der Waals surface area contributed by atoms with Crippen molar-refractivity contribution >= 4 is 27.5 Å². The minimum atomic E-state index is -0.472. The lowest BCUT2D eigenvalue weighted by Crippen LogP contribution is -2.31. The maximum absolute atomic E-state index is 11.9. The number of carbonyl (C=O) groups excluding carboxylic acids is 1. The lowest BCUT2D eigenvalue weighted by atomic mass is 9.89. The molecule has 0 heterocycles. The Morgan fingerprint density at radius 2 is 1.85 bits per heavy atom. The van der Waals surface area contributed by atoms with E-state index >= 15 is 0 Å². The Morgan fingerprint density at radius 1 is 1.25 bits per heavy atom. The lowest BCUT2D eigenvalue weighted by Gasteiger charge is -2.25. The number of alkyl halides is 1. The van der Waals surface area contributed by atoms with Crippen LogP contribution in [0.2, 0.25) is 0 Å². The van der Waals surface area contributed by atoms with Crippen LogP contribution in [0.15, 0.2) is 24.3 Å². The highest BCUT2D eigenvalue weighted by Crippen LogP contribution is 2.28. The Hall–Kier alpha value is -1.43. The lowest BCUT2D eigenvalue weighted by molar-refractivity contribution is -0.384. The summed E-state index contributed by atoms with van der Waals surface area (Å²) in [5, 5.41) is 13.5. The van der Waals surface area contributed by atoms with E-state index in [1.54, 1.807) is 0 Å². The summed E-state index contributed by atoms with van der Waals surface area (Å²) >= 11 is 3.61. The second-order valence-corrected chi connectivity index (χ2v) is 6.43. The number of hydrogen-bond donors (Lipinski definition) is 1. The van der Waals surface area contributed by atoms with Crippen molar-refractivity contribution in [3.05, 3.63) is 39.9 Å². The molecule has 0 aliphatic heterocycles. The third-order valence-electron chi connectivity index (χ3n) is 3.67. The molecule has 1 aromatic rings. The van der Waals surface area contributed by atoms with E-state index in [2.05, 4.69) is 21.2 Å². The molecule has 0 atom stereocenters. The van der Waals surface area contributed by atoms with E-state index in [1.165, 1.54) is 24.3 Å². The first-order valence-corrected chi connectivity index (χ1v) is 7.64. The van der Waals surface area contributed by atoms with Gasteiger partial charge in [-0.1, -0.05) is 15.9 Å². The van der Waals surface area contributed by atoms with Crippen LogP contribution in [0.3, 0.4) is 0 Å². The quantitative estimate of drug-likeness (QED) is 0.519. The van der Waals surface area contributed by atoms with Gasteiger partial charge in [0.25, 0.3) is 11.6 Å². The summed E-state index contributed by atoms with van der Waals surface area (Å²) in [6.45, 7) is 0.676. The van der Waals surface area contributed by atoms with E-state index in [9.17, 15) is 14.9 Å². The summed E-state index contributed by atoms with van der Waals surface area (Å²) in [5.74, 6) is 0.367. The summed E-state index contributed by atoms with van der Waals surface area (Å²) in [6.07, 6.45) is 4.54. The van der Waals surface area contributed by atoms with Gasteiger partial charge in [-0.05, 0) is 43.7 Å². The van der Waals surface area contributed by atoms with Gasteiger partial charge in [-0.15, -0.1) is 0 Å². The van der Waals surface area contributed by atoms with Gasteiger partial charge < -0.3 is 5.32 Å². The maximum atomic E-state index is 11.9. The fourth-order valence-corrected chi connectivity index (χ4v) is 2.93. The van der Waals surface area contributed by atoms with E-state index in [0.29, 0.717) is 22.9 Å². The van der Waals surface area contributed by atoms with Gasteiger partial charge in [0, 0.05) is 29.1 Å². The zero-order valence-corrected chi connectivity index (χ0v) is 12.6. The zero-order valence-electron chi connectivity index (χ0n) is 11.0. The molecule has 5 nitrogen and oxygen atoms in total. The number of carbonyl (C=O) groups is 1. The third-order valence-corrected chi connectivity index (χ3v) is 4.58. The average molecular weight is 341 g/mol. The molecule has 1 fully saturated rings. The van der Waals surface area contributed by atoms with Crippen LogP contribution in [0.1, 0.15) is 36.0 Å². The number of rotatable bonds is 4. The fourth-order valence-electron chi connectivity index (χ4n) is 2.40. The largest absolute Gasteiger partial charge is 0.352 e. The molecule has 1 N–H and O–H groups in total. The number of halogens is 1. The molecule has 0 bridgehead atoms. The first-order chi connectivity index (χ1) is 9.56. The van der Waals surface area contributed by atoms with Gasteiger partial charge in [-0.3, -0.25) is 14.9 Å². The Labute approximate surface area is 126 Å². The van der Waals surface area contributed by atoms with E-state index in [1.807, 2.05) is 0 Å². The van der Waals surface area contributed by atoms with Crippen molar-refractivity contribution in [1.29, 1.82) is 0 Å². The zero-order chi connectivity index (χ0) is 14.5. The highest BCUT2D eigenvalue weighted by Gasteiger charge is 2.19. The van der Waals surface area contributed by atoms with Crippen molar-refractivity contribution in [3.8, 4) is 0 Å². The van der Waals surface area contributed by atoms with Crippen molar-refractivity contribution < 1.29 is 9.72 Å². The Kier molecular flexibility index (Phi) is 5.11. The van der Waals surface area contributed by atoms with Gasteiger partial charge in [0.15, 0.2) is 0 Å². The van der Waals surface area contributed by atoms with E-state index in [-0.39, 0.29) is 11.6 Å². The van der Waals surface area contributed by atoms with Crippen molar-refractivity contribution in [2.75, 3.05) is 6.54 Å². The first kappa shape index (κ1) is 15.0. The van der Waals surface area contributed by atoms with Crippen LogP contribution in [0.25, 0.3) is 0 Å². The summed E-state index contributed by atoms with van der Waals surface area (Å²) in [4.78, 5) is 22.6. The van der Waals surface area contributed by atoms with Crippen LogP contribution in [0.5, 0.6) is 0 Å². The monoisotopic (exact) mass is 340 g/mol. The first-order valence-electron chi connectivity index (χ1n) is 6.73. The number of nitro groups is 1. The second-order valence-electron chi connectivity index (χ2n) is 5.13. The molecule has 0 saturated heterocycles. The van der Waals surface area contributed by atoms with Crippen molar-refractivity contribution in [2.45, 2.75) is 30.5 Å². The number of amides is 1. The van der Waals surface area contributed by atoms with Gasteiger partial charge in [0.1, 0.15) is 0 Å². The smallest absolute Gasteiger partial charge is 0.269 e. The summed E-state index contributed by atoms with van der Waals surface area (Å²) in [5.41, 5.74) is 0.460. The standard InChI is InChI=1S/C14H17BrN2O3/c15-12-5-1-10(2-6-12)9-16-14(18)11-3-7-13(8-4-11)17(19)20/h3-4,7-8,10,12H,1-2,5-6,9H2,(H,16,18). The van der Waals surface area contributed by atoms with Crippen LogP contribution < -0.4 is 5.32 Å². The van der Waals surface area contributed by atoms with Crippen LogP contribution >= 0.6 is 15.9 Å². The molecule has 1 aliphatic carbocycles. The fraction of sp³-hybridized carbons (Fsp3) is 0.500. The van der Waals surface area contributed by atoms with Crippen molar-refractivity contribution in [3.63, 3.8) is 0 Å². The minimum absolute atomic E-state index is 0.00260. The van der Waals surface area contributed by atoms with Gasteiger partial charge in [-0.25, -0.2) is 0 Å². The SMILES string of the molecule is O=C(NCC1CCC(Br)CC1)c1ccc([N+](=O)[O-])cc1. The molecular formula is C14H17BrN2O3. The summed E-state index contributed by atoms with van der Waals surface area (Å²) in [7, 11) is 0. The normalized spacial score (nSPS) is 22.2. The van der Waals surface area contributed by atoms with E-state index in [0.717, 1.165) is 25.7 Å². The number of nitro benzene ring substituents is 1. The Bertz CT molecular complexity index is 482. The number of nitrogens with zero attached hydrogens (tertiary/aromatic N) is 1. The van der Waals surface area contributed by atoms with Gasteiger partial charge >= 0.3 is 0 Å². The number of non-ortho nitro benzene ring substituents is 1. The Morgan fingerprint density at radius 3 is 2.40 bits per heavy atom. The molecule has 1 aromatic carbocycles. The highest BCUT2D eigenvalue weighted by atomic mass is 79.9. The van der Waals surface area contributed by atoms with Gasteiger partial charge in [0.2, 0.25) is 0 Å². The number of benzene rings is 1. The molecule has 0 radical (unpaired) electrons. The maximum Gasteiger partial charge on any atom is 0.269 e. The second kappa shape index (κ2) is 6.83. The highest BCUT2D eigenvalue weighted by molar-refractivity contribution is 9.09. The molecule has 20 heavy (non-hydrogen) atoms. The number of nitrogens with one attached hydrogen (secondary N) is 1. The van der Waals surface area contributed by atoms with Crippen molar-refractivity contribution in [1.82, 2.24) is 5.32 Å². The molecule has 0 spiro atoms. The topological polar surface area (TPSA) is 72.2 Å². The molecule has 0 unspecified atom stereocenters. The van der Waals surface area contributed by atoms with Crippen molar-refractivity contribution in [2.24, 2.45) is 5.92 Å². The summed E-state index contributed by atoms with van der Waals surface area (Å²) < 4.78 is 0. The van der Waals surface area contributed by atoms with Crippen LogP contribution in [-0.4, -0.2) is 22.2 Å². The summed E-state index contributed by atoms with van der Waals surface area (Å²) in [6, 6.07) is 5.68. The van der Waals surface area contributed by atoms with E-state index < -0.39 is 4.92 Å². The molecule has 1 amide bonds. The molecular weight excluding hydrogens is 324 g/mol. The van der Waals surface area contributed by atoms with Crippen LogP contribution in [0, 0.1) is 16.0 Å². The molecule has 2 rings (SSSR count). The molecule has 0 aromatic heterocycles. The Balaban J connectivity index is 1.84.